The molecule has 2 rings (SSSR count). The van der Waals surface area contributed by atoms with Crippen molar-refractivity contribution in [3.05, 3.63) is 35.9 Å². The zero-order valence-corrected chi connectivity index (χ0v) is 11.2. The van der Waals surface area contributed by atoms with Gasteiger partial charge in [-0.1, -0.05) is 12.1 Å². The van der Waals surface area contributed by atoms with Gasteiger partial charge in [-0.3, -0.25) is 0 Å². The van der Waals surface area contributed by atoms with Crippen molar-refractivity contribution in [2.75, 3.05) is 20.8 Å². The van der Waals surface area contributed by atoms with E-state index >= 15 is 0 Å². The molecular weight excluding hydrogens is 242 g/mol. The zero-order chi connectivity index (χ0) is 13.8. The fourth-order valence-electron chi connectivity index (χ4n) is 2.20. The Kier molecular flexibility index (Phi) is 4.24. The van der Waals surface area contributed by atoms with E-state index in [1.807, 2.05) is 30.3 Å². The lowest BCUT2D eigenvalue weighted by Crippen LogP contribution is -2.27. The summed E-state index contributed by atoms with van der Waals surface area (Å²) in [6, 6.07) is 9.57. The molecule has 0 radical (unpaired) electrons. The largest absolute Gasteiger partial charge is 0.496 e. The van der Waals surface area contributed by atoms with E-state index in [0.717, 1.165) is 27.8 Å². The fraction of sp³-hybridized carbons (Fsp3) is 0.333. The van der Waals surface area contributed by atoms with Crippen LogP contribution in [-0.2, 0) is 6.42 Å². The number of benzene rings is 2. The van der Waals surface area contributed by atoms with Gasteiger partial charge < -0.3 is 20.3 Å². The molecular formula is C15H19NO3. The van der Waals surface area contributed by atoms with Crippen LogP contribution in [0, 0.1) is 0 Å². The summed E-state index contributed by atoms with van der Waals surface area (Å²) in [7, 11) is 3.29. The van der Waals surface area contributed by atoms with Crippen LogP contribution in [0.3, 0.4) is 0 Å². The van der Waals surface area contributed by atoms with Crippen LogP contribution in [0.2, 0.25) is 0 Å². The van der Waals surface area contributed by atoms with Gasteiger partial charge in [0.2, 0.25) is 0 Å². The summed E-state index contributed by atoms with van der Waals surface area (Å²) in [5.41, 5.74) is 6.78. The van der Waals surface area contributed by atoms with Crippen LogP contribution in [0.5, 0.6) is 11.5 Å². The first-order chi connectivity index (χ1) is 9.19. The maximum Gasteiger partial charge on any atom is 0.126 e. The second-order valence-corrected chi connectivity index (χ2v) is 4.49. The van der Waals surface area contributed by atoms with E-state index in [9.17, 15) is 0 Å². The van der Waals surface area contributed by atoms with Gasteiger partial charge in [0, 0.05) is 11.4 Å². The van der Waals surface area contributed by atoms with Gasteiger partial charge in [-0.15, -0.1) is 0 Å². The molecule has 0 aliphatic heterocycles. The van der Waals surface area contributed by atoms with E-state index < -0.39 is 0 Å². The second-order valence-electron chi connectivity index (χ2n) is 4.49. The van der Waals surface area contributed by atoms with Gasteiger partial charge in [0.1, 0.15) is 11.5 Å². The summed E-state index contributed by atoms with van der Waals surface area (Å²) < 4.78 is 10.8. The Balaban J connectivity index is 2.55. The molecule has 4 nitrogen and oxygen atoms in total. The van der Waals surface area contributed by atoms with Gasteiger partial charge in [-0.2, -0.15) is 0 Å². The molecule has 2 aromatic carbocycles. The molecule has 0 fully saturated rings. The Hall–Kier alpha value is -1.78. The highest BCUT2D eigenvalue weighted by Crippen LogP contribution is 2.32. The Morgan fingerprint density at radius 3 is 2.53 bits per heavy atom. The first-order valence-electron chi connectivity index (χ1n) is 6.19. The van der Waals surface area contributed by atoms with E-state index in [0.29, 0.717) is 6.42 Å². The van der Waals surface area contributed by atoms with Crippen molar-refractivity contribution in [3.8, 4) is 11.5 Å². The van der Waals surface area contributed by atoms with Gasteiger partial charge in [0.15, 0.2) is 0 Å². The topological polar surface area (TPSA) is 64.7 Å². The van der Waals surface area contributed by atoms with Crippen LogP contribution in [0.1, 0.15) is 5.56 Å². The molecule has 4 heteroatoms. The number of nitrogens with two attached hydrogens (primary N) is 1. The molecule has 102 valence electrons. The molecule has 0 spiro atoms. The average Bonchev–Trinajstić information content (AvgIpc) is 2.45. The highest BCUT2D eigenvalue weighted by molar-refractivity contribution is 5.90. The Labute approximate surface area is 112 Å². The predicted molar refractivity (Wildman–Crippen MR) is 75.8 cm³/mol. The Bertz CT molecular complexity index is 569. The lowest BCUT2D eigenvalue weighted by atomic mass is 10.0. The standard InChI is InChI=1S/C15H19NO3/c1-18-14-5-3-4-10-8-15(19-2)11(7-13(10)14)6-12(16)9-17/h3-5,7-8,12,17H,6,9,16H2,1-2H3. The number of aliphatic hydroxyl groups excluding tert-OH is 1. The van der Waals surface area contributed by atoms with Crippen LogP contribution >= 0.6 is 0 Å². The molecule has 0 aliphatic rings. The molecule has 0 aromatic heterocycles. The summed E-state index contributed by atoms with van der Waals surface area (Å²) in [5.74, 6) is 1.60. The van der Waals surface area contributed by atoms with Gasteiger partial charge in [0.25, 0.3) is 0 Å². The molecule has 0 bridgehead atoms. The van der Waals surface area contributed by atoms with E-state index in [-0.39, 0.29) is 12.6 Å². The zero-order valence-electron chi connectivity index (χ0n) is 11.2. The summed E-state index contributed by atoms with van der Waals surface area (Å²) in [6.07, 6.45) is 0.563. The van der Waals surface area contributed by atoms with Crippen LogP contribution in [-0.4, -0.2) is 32.0 Å². The number of aliphatic hydroxyl groups is 1. The Morgan fingerprint density at radius 1 is 1.16 bits per heavy atom. The number of hydrogen-bond donors (Lipinski definition) is 2. The summed E-state index contributed by atoms with van der Waals surface area (Å²) >= 11 is 0. The van der Waals surface area contributed by atoms with E-state index in [4.69, 9.17) is 20.3 Å². The number of methoxy groups -OCH3 is 2. The quantitative estimate of drug-likeness (QED) is 0.860. The molecule has 0 amide bonds. The number of ether oxygens (including phenoxy) is 2. The lowest BCUT2D eigenvalue weighted by molar-refractivity contribution is 0.264. The molecule has 2 aromatic rings. The fourth-order valence-corrected chi connectivity index (χ4v) is 2.20. The summed E-state index contributed by atoms with van der Waals surface area (Å²) in [4.78, 5) is 0. The minimum absolute atomic E-state index is 0.0485. The van der Waals surface area contributed by atoms with Crippen LogP contribution in [0.4, 0.5) is 0 Å². The first kappa shape index (κ1) is 13.6. The van der Waals surface area contributed by atoms with Gasteiger partial charge >= 0.3 is 0 Å². The van der Waals surface area contributed by atoms with Gasteiger partial charge in [-0.25, -0.2) is 0 Å². The average molecular weight is 261 g/mol. The number of fused-ring (bicyclic) bond motifs is 1. The highest BCUT2D eigenvalue weighted by Gasteiger charge is 2.11. The highest BCUT2D eigenvalue weighted by atomic mass is 16.5. The van der Waals surface area contributed by atoms with Crippen LogP contribution < -0.4 is 15.2 Å². The summed E-state index contributed by atoms with van der Waals surface area (Å²) in [6.45, 7) is -0.0485. The van der Waals surface area contributed by atoms with Gasteiger partial charge in [-0.05, 0) is 35.6 Å². The Morgan fingerprint density at radius 2 is 1.89 bits per heavy atom. The third-order valence-electron chi connectivity index (χ3n) is 3.18. The normalized spacial score (nSPS) is 12.4. The maximum atomic E-state index is 9.08. The maximum absolute atomic E-state index is 9.08. The molecule has 0 heterocycles. The smallest absolute Gasteiger partial charge is 0.126 e. The lowest BCUT2D eigenvalue weighted by Gasteiger charge is -2.14. The third kappa shape index (κ3) is 2.80. The monoisotopic (exact) mass is 261 g/mol. The van der Waals surface area contributed by atoms with Crippen molar-refractivity contribution in [1.82, 2.24) is 0 Å². The molecule has 1 atom stereocenters. The minimum Gasteiger partial charge on any atom is -0.496 e. The second kappa shape index (κ2) is 5.91. The van der Waals surface area contributed by atoms with Crippen molar-refractivity contribution in [3.63, 3.8) is 0 Å². The molecule has 19 heavy (non-hydrogen) atoms. The van der Waals surface area contributed by atoms with Crippen molar-refractivity contribution in [2.45, 2.75) is 12.5 Å². The van der Waals surface area contributed by atoms with Crippen molar-refractivity contribution in [2.24, 2.45) is 5.73 Å². The third-order valence-corrected chi connectivity index (χ3v) is 3.18. The van der Waals surface area contributed by atoms with Crippen molar-refractivity contribution >= 4 is 10.8 Å². The van der Waals surface area contributed by atoms with Crippen LogP contribution in [0.25, 0.3) is 10.8 Å². The number of hydrogen-bond acceptors (Lipinski definition) is 4. The molecule has 0 saturated heterocycles. The SMILES string of the molecule is COc1cc2cccc(OC)c2cc1CC(N)CO. The van der Waals surface area contributed by atoms with E-state index in [1.54, 1.807) is 14.2 Å². The van der Waals surface area contributed by atoms with Gasteiger partial charge in [0.05, 0.1) is 20.8 Å². The minimum atomic E-state index is -0.291. The molecule has 3 N–H and O–H groups in total. The first-order valence-corrected chi connectivity index (χ1v) is 6.19. The predicted octanol–water partition coefficient (Wildman–Crippen LogP) is 1.72. The molecule has 1 unspecified atom stereocenters. The number of rotatable bonds is 5. The van der Waals surface area contributed by atoms with Crippen molar-refractivity contribution < 1.29 is 14.6 Å². The van der Waals surface area contributed by atoms with Crippen LogP contribution in [0.15, 0.2) is 30.3 Å². The van der Waals surface area contributed by atoms with E-state index in [1.165, 1.54) is 0 Å². The molecule has 0 saturated carbocycles. The summed E-state index contributed by atoms with van der Waals surface area (Å²) in [5, 5.41) is 11.2. The molecule has 0 aliphatic carbocycles. The van der Waals surface area contributed by atoms with E-state index in [2.05, 4.69) is 0 Å². The van der Waals surface area contributed by atoms with Crippen molar-refractivity contribution in [1.29, 1.82) is 0 Å².